The predicted molar refractivity (Wildman–Crippen MR) is 99.3 cm³/mol. The van der Waals surface area contributed by atoms with Crippen molar-refractivity contribution in [1.29, 1.82) is 0 Å². The highest BCUT2D eigenvalue weighted by atomic mass is 35.5. The molecule has 2 aromatic rings. The van der Waals surface area contributed by atoms with Crippen LogP contribution in [0.4, 0.5) is 4.39 Å². The summed E-state index contributed by atoms with van der Waals surface area (Å²) in [6.07, 6.45) is 2.13. The third-order valence-electron chi connectivity index (χ3n) is 4.39. The molecular weight excluding hydrogens is 359 g/mol. The van der Waals surface area contributed by atoms with E-state index in [1.54, 1.807) is 23.0 Å². The van der Waals surface area contributed by atoms with Crippen LogP contribution in [-0.4, -0.2) is 41.5 Å². The van der Waals surface area contributed by atoms with Gasteiger partial charge in [0.1, 0.15) is 5.82 Å². The molecule has 3 rings (SSSR count). The number of hydrogen-bond acceptors (Lipinski definition) is 4. The van der Waals surface area contributed by atoms with Crippen LogP contribution in [0.25, 0.3) is 5.69 Å². The lowest BCUT2D eigenvalue weighted by molar-refractivity contribution is -0.122. The third-order valence-corrected chi connectivity index (χ3v) is 4.39. The van der Waals surface area contributed by atoms with E-state index in [4.69, 9.17) is 4.74 Å². The van der Waals surface area contributed by atoms with Crippen molar-refractivity contribution >= 4 is 18.3 Å². The molecule has 2 unspecified atom stereocenters. The maximum atomic E-state index is 13.1. The molecule has 1 aromatic carbocycles. The lowest BCUT2D eigenvalue weighted by Gasteiger charge is -2.24. The van der Waals surface area contributed by atoms with Gasteiger partial charge in [0.05, 0.1) is 31.1 Å². The number of carbonyl (C=O) groups is 1. The number of nitrogens with one attached hydrogen (secondary N) is 2. The monoisotopic (exact) mass is 382 g/mol. The molecule has 0 spiro atoms. The fraction of sp³-hybridized carbons (Fsp3) is 0.444. The number of carbonyl (C=O) groups excluding carboxylic acids is 1. The predicted octanol–water partition coefficient (Wildman–Crippen LogP) is 2.30. The number of benzene rings is 1. The molecule has 1 fully saturated rings. The second-order valence-electron chi connectivity index (χ2n) is 6.29. The van der Waals surface area contributed by atoms with Crippen molar-refractivity contribution in [3.05, 3.63) is 47.5 Å². The van der Waals surface area contributed by atoms with Gasteiger partial charge in [-0.25, -0.2) is 9.07 Å². The SMILES string of the molecule is Cc1c(C(C)NC(=O)CC2COCCN2)cnn1-c1ccc(F)cc1.Cl. The van der Waals surface area contributed by atoms with Crippen LogP contribution in [0.2, 0.25) is 0 Å². The zero-order valence-corrected chi connectivity index (χ0v) is 15.7. The van der Waals surface area contributed by atoms with Crippen molar-refractivity contribution in [2.24, 2.45) is 0 Å². The molecule has 8 heteroatoms. The van der Waals surface area contributed by atoms with Crippen LogP contribution in [0.5, 0.6) is 0 Å². The maximum Gasteiger partial charge on any atom is 0.222 e. The fourth-order valence-electron chi connectivity index (χ4n) is 3.04. The molecule has 0 aliphatic carbocycles. The van der Waals surface area contributed by atoms with Crippen LogP contribution in [0, 0.1) is 12.7 Å². The molecule has 2 N–H and O–H groups in total. The molecule has 0 radical (unpaired) electrons. The number of ether oxygens (including phenoxy) is 1. The number of rotatable bonds is 5. The molecule has 0 saturated carbocycles. The Balaban J connectivity index is 0.00000243. The average molecular weight is 383 g/mol. The van der Waals surface area contributed by atoms with Gasteiger partial charge >= 0.3 is 0 Å². The smallest absolute Gasteiger partial charge is 0.222 e. The second kappa shape index (κ2) is 9.12. The topological polar surface area (TPSA) is 68.2 Å². The number of morpholine rings is 1. The lowest BCUT2D eigenvalue weighted by Crippen LogP contribution is -2.44. The summed E-state index contributed by atoms with van der Waals surface area (Å²) in [6, 6.07) is 6.06. The third kappa shape index (κ3) is 4.81. The summed E-state index contributed by atoms with van der Waals surface area (Å²) in [5.41, 5.74) is 2.64. The Kier molecular flexibility index (Phi) is 7.14. The normalized spacial score (nSPS) is 18.0. The molecule has 1 aliphatic heterocycles. The Morgan fingerprint density at radius 3 is 2.85 bits per heavy atom. The van der Waals surface area contributed by atoms with Crippen molar-refractivity contribution in [3.8, 4) is 5.69 Å². The molecule has 0 bridgehead atoms. The quantitative estimate of drug-likeness (QED) is 0.832. The van der Waals surface area contributed by atoms with Gasteiger partial charge in [0.15, 0.2) is 0 Å². The number of nitrogens with zero attached hydrogens (tertiary/aromatic N) is 2. The molecule has 2 heterocycles. The molecule has 1 aromatic heterocycles. The van der Waals surface area contributed by atoms with Crippen molar-refractivity contribution < 1.29 is 13.9 Å². The Bertz CT molecular complexity index is 729. The molecule has 2 atom stereocenters. The first-order valence-electron chi connectivity index (χ1n) is 8.45. The van der Waals surface area contributed by atoms with Crippen LogP contribution >= 0.6 is 12.4 Å². The van der Waals surface area contributed by atoms with E-state index in [9.17, 15) is 9.18 Å². The summed E-state index contributed by atoms with van der Waals surface area (Å²) < 4.78 is 20.2. The van der Waals surface area contributed by atoms with Crippen molar-refractivity contribution in [3.63, 3.8) is 0 Å². The van der Waals surface area contributed by atoms with E-state index in [0.29, 0.717) is 19.6 Å². The van der Waals surface area contributed by atoms with Crippen molar-refractivity contribution in [1.82, 2.24) is 20.4 Å². The largest absolute Gasteiger partial charge is 0.378 e. The van der Waals surface area contributed by atoms with E-state index in [-0.39, 0.29) is 36.2 Å². The Morgan fingerprint density at radius 1 is 1.46 bits per heavy atom. The zero-order valence-electron chi connectivity index (χ0n) is 14.9. The van der Waals surface area contributed by atoms with Crippen molar-refractivity contribution in [2.75, 3.05) is 19.8 Å². The summed E-state index contributed by atoms with van der Waals surface area (Å²) in [4.78, 5) is 12.2. The lowest BCUT2D eigenvalue weighted by atomic mass is 10.1. The van der Waals surface area contributed by atoms with Gasteiger partial charge in [-0.1, -0.05) is 0 Å². The number of halogens is 2. The van der Waals surface area contributed by atoms with Gasteiger partial charge in [0.25, 0.3) is 0 Å². The highest BCUT2D eigenvalue weighted by Gasteiger charge is 2.20. The molecule has 1 amide bonds. The molecular formula is C18H24ClFN4O2. The minimum Gasteiger partial charge on any atom is -0.378 e. The van der Waals surface area contributed by atoms with Crippen LogP contribution in [0.1, 0.15) is 30.6 Å². The summed E-state index contributed by atoms with van der Waals surface area (Å²) in [5.74, 6) is -0.306. The van der Waals surface area contributed by atoms with E-state index in [2.05, 4.69) is 15.7 Å². The molecule has 1 aliphatic rings. The first-order valence-corrected chi connectivity index (χ1v) is 8.45. The van der Waals surface area contributed by atoms with E-state index in [1.807, 2.05) is 13.8 Å². The van der Waals surface area contributed by atoms with Gasteiger partial charge in [-0.3, -0.25) is 4.79 Å². The van der Waals surface area contributed by atoms with Crippen LogP contribution < -0.4 is 10.6 Å². The van der Waals surface area contributed by atoms with E-state index >= 15 is 0 Å². The second-order valence-corrected chi connectivity index (χ2v) is 6.29. The van der Waals surface area contributed by atoms with Gasteiger partial charge < -0.3 is 15.4 Å². The van der Waals surface area contributed by atoms with Crippen molar-refractivity contribution in [2.45, 2.75) is 32.4 Å². The molecule has 6 nitrogen and oxygen atoms in total. The molecule has 26 heavy (non-hydrogen) atoms. The molecule has 142 valence electrons. The maximum absolute atomic E-state index is 13.1. The summed E-state index contributed by atoms with van der Waals surface area (Å²) in [7, 11) is 0. The average Bonchev–Trinajstić information content (AvgIpc) is 2.98. The minimum atomic E-state index is -0.283. The van der Waals surface area contributed by atoms with E-state index in [1.165, 1.54) is 12.1 Å². The summed E-state index contributed by atoms with van der Waals surface area (Å²) >= 11 is 0. The Labute approximate surface area is 158 Å². The van der Waals surface area contributed by atoms with Gasteiger partial charge in [0.2, 0.25) is 5.91 Å². The van der Waals surface area contributed by atoms with Gasteiger partial charge in [-0.05, 0) is 38.1 Å². The standard InChI is InChI=1S/C18H23FN4O2.ClH/c1-12(22-18(24)9-15-11-25-8-7-20-15)17-10-21-23(13(17)2)16-5-3-14(19)4-6-16;/h3-6,10,12,15,20H,7-9,11H2,1-2H3,(H,22,24);1H. The van der Waals surface area contributed by atoms with Gasteiger partial charge in [0, 0.05) is 30.3 Å². The number of aromatic nitrogens is 2. The van der Waals surface area contributed by atoms with Crippen LogP contribution in [0.15, 0.2) is 30.5 Å². The minimum absolute atomic E-state index is 0. The Morgan fingerprint density at radius 2 is 2.19 bits per heavy atom. The zero-order chi connectivity index (χ0) is 17.8. The Hall–Kier alpha value is -1.96. The molecule has 1 saturated heterocycles. The highest BCUT2D eigenvalue weighted by Crippen LogP contribution is 2.20. The van der Waals surface area contributed by atoms with Gasteiger partial charge in [-0.2, -0.15) is 5.10 Å². The van der Waals surface area contributed by atoms with E-state index in [0.717, 1.165) is 23.5 Å². The van der Waals surface area contributed by atoms with Crippen LogP contribution in [0.3, 0.4) is 0 Å². The number of amides is 1. The van der Waals surface area contributed by atoms with Gasteiger partial charge in [-0.15, -0.1) is 12.4 Å². The summed E-state index contributed by atoms with van der Waals surface area (Å²) in [6.45, 7) is 5.89. The fourth-order valence-corrected chi connectivity index (χ4v) is 3.04. The highest BCUT2D eigenvalue weighted by molar-refractivity contribution is 5.85. The van der Waals surface area contributed by atoms with Crippen LogP contribution in [-0.2, 0) is 9.53 Å². The first kappa shape index (κ1) is 20.4. The van der Waals surface area contributed by atoms with E-state index < -0.39 is 0 Å². The summed E-state index contributed by atoms with van der Waals surface area (Å²) in [5, 5.41) is 10.7. The number of hydrogen-bond donors (Lipinski definition) is 2. The first-order chi connectivity index (χ1) is 12.0.